The Labute approximate surface area is 122 Å². The highest BCUT2D eigenvalue weighted by Crippen LogP contribution is 2.08. The number of nitrogens with one attached hydrogen (secondary N) is 2. The number of likely N-dealkylation sites (tertiary alicyclic amines) is 1. The molecule has 0 aliphatic carbocycles. The van der Waals surface area contributed by atoms with Crippen LogP contribution in [0, 0.1) is 0 Å². The highest BCUT2D eigenvalue weighted by atomic mass is 15.2. The molecule has 1 aliphatic rings. The van der Waals surface area contributed by atoms with E-state index in [-0.39, 0.29) is 0 Å². The molecule has 2 heterocycles. The normalized spacial score (nSPS) is 15.4. The van der Waals surface area contributed by atoms with Crippen LogP contribution in [0.15, 0.2) is 12.3 Å². The summed E-state index contributed by atoms with van der Waals surface area (Å²) in [6.07, 6.45) is 8.05. The molecule has 5 nitrogen and oxygen atoms in total. The molecule has 1 saturated heterocycles. The van der Waals surface area contributed by atoms with Crippen LogP contribution in [-0.2, 0) is 0 Å². The first-order chi connectivity index (χ1) is 9.88. The van der Waals surface area contributed by atoms with Crippen molar-refractivity contribution in [1.29, 1.82) is 0 Å². The van der Waals surface area contributed by atoms with E-state index < -0.39 is 0 Å². The van der Waals surface area contributed by atoms with Crippen LogP contribution in [0.5, 0.6) is 0 Å². The lowest BCUT2D eigenvalue weighted by Gasteiger charge is -2.14. The van der Waals surface area contributed by atoms with E-state index >= 15 is 0 Å². The van der Waals surface area contributed by atoms with E-state index in [2.05, 4.69) is 32.4 Å². The van der Waals surface area contributed by atoms with Crippen LogP contribution in [0.4, 0.5) is 11.8 Å². The number of aromatic nitrogens is 2. The Morgan fingerprint density at radius 3 is 2.75 bits per heavy atom. The van der Waals surface area contributed by atoms with E-state index in [0.717, 1.165) is 31.3 Å². The van der Waals surface area contributed by atoms with Crippen molar-refractivity contribution in [1.82, 2.24) is 14.9 Å². The zero-order chi connectivity index (χ0) is 14.0. The molecule has 0 radical (unpaired) electrons. The summed E-state index contributed by atoms with van der Waals surface area (Å²) in [7, 11) is 0. The van der Waals surface area contributed by atoms with Crippen LogP contribution in [0.3, 0.4) is 0 Å². The largest absolute Gasteiger partial charge is 0.370 e. The second-order valence-corrected chi connectivity index (χ2v) is 5.37. The number of hydrogen-bond acceptors (Lipinski definition) is 5. The van der Waals surface area contributed by atoms with Crippen molar-refractivity contribution in [3.8, 4) is 0 Å². The highest BCUT2D eigenvalue weighted by Gasteiger charge is 2.10. The summed E-state index contributed by atoms with van der Waals surface area (Å²) in [6, 6.07) is 1.92. The van der Waals surface area contributed by atoms with Gasteiger partial charge in [-0.15, -0.1) is 0 Å². The summed E-state index contributed by atoms with van der Waals surface area (Å²) in [4.78, 5) is 11.3. The van der Waals surface area contributed by atoms with Crippen molar-refractivity contribution < 1.29 is 0 Å². The van der Waals surface area contributed by atoms with Crippen LogP contribution in [-0.4, -0.2) is 47.6 Å². The molecule has 2 N–H and O–H groups in total. The summed E-state index contributed by atoms with van der Waals surface area (Å²) < 4.78 is 0. The molecule has 0 spiro atoms. The second kappa shape index (κ2) is 8.74. The molecule has 1 fully saturated rings. The first kappa shape index (κ1) is 15.0. The maximum absolute atomic E-state index is 4.47. The van der Waals surface area contributed by atoms with Crippen LogP contribution in [0.1, 0.15) is 39.0 Å². The number of nitrogens with zero attached hydrogens (tertiary/aromatic N) is 3. The van der Waals surface area contributed by atoms with Gasteiger partial charge in [0.1, 0.15) is 5.82 Å². The molecule has 0 saturated carbocycles. The number of hydrogen-bond donors (Lipinski definition) is 2. The summed E-state index contributed by atoms with van der Waals surface area (Å²) in [5, 5.41) is 6.63. The zero-order valence-electron chi connectivity index (χ0n) is 12.6. The third-order valence-electron chi connectivity index (χ3n) is 3.62. The predicted octanol–water partition coefficient (Wildman–Crippen LogP) is 2.59. The van der Waals surface area contributed by atoms with E-state index in [1.54, 1.807) is 0 Å². The SMILES string of the molecule is CCCCNc1ccnc(NCCCN2CCCC2)n1. The van der Waals surface area contributed by atoms with Gasteiger partial charge in [0.15, 0.2) is 0 Å². The standard InChI is InChI=1S/C15H27N5/c1-2-3-8-16-14-7-10-18-15(19-14)17-9-6-13-20-11-4-5-12-20/h7,10H,2-6,8-9,11-13H2,1H3,(H2,16,17,18,19). The van der Waals surface area contributed by atoms with Gasteiger partial charge in [-0.1, -0.05) is 13.3 Å². The molecule has 2 rings (SSSR count). The first-order valence-corrected chi connectivity index (χ1v) is 7.91. The smallest absolute Gasteiger partial charge is 0.224 e. The fourth-order valence-corrected chi connectivity index (χ4v) is 2.44. The van der Waals surface area contributed by atoms with E-state index in [1.807, 2.05) is 12.3 Å². The molecule has 5 heteroatoms. The van der Waals surface area contributed by atoms with Crippen LogP contribution < -0.4 is 10.6 Å². The number of anilines is 2. The topological polar surface area (TPSA) is 53.1 Å². The van der Waals surface area contributed by atoms with Gasteiger partial charge in [0.05, 0.1) is 0 Å². The van der Waals surface area contributed by atoms with Gasteiger partial charge in [-0.2, -0.15) is 4.98 Å². The van der Waals surface area contributed by atoms with Gasteiger partial charge in [0.2, 0.25) is 5.95 Å². The summed E-state index contributed by atoms with van der Waals surface area (Å²) in [6.45, 7) is 7.83. The fourth-order valence-electron chi connectivity index (χ4n) is 2.44. The van der Waals surface area contributed by atoms with Crippen molar-refractivity contribution in [2.45, 2.75) is 39.0 Å². The summed E-state index contributed by atoms with van der Waals surface area (Å²) in [5.74, 6) is 1.64. The minimum Gasteiger partial charge on any atom is -0.370 e. The Bertz CT molecular complexity index is 376. The maximum Gasteiger partial charge on any atom is 0.224 e. The van der Waals surface area contributed by atoms with Crippen molar-refractivity contribution in [3.05, 3.63) is 12.3 Å². The van der Waals surface area contributed by atoms with Gasteiger partial charge in [-0.25, -0.2) is 4.98 Å². The third-order valence-corrected chi connectivity index (χ3v) is 3.62. The minimum absolute atomic E-state index is 0.730. The van der Waals surface area contributed by atoms with Crippen molar-refractivity contribution in [3.63, 3.8) is 0 Å². The Kier molecular flexibility index (Phi) is 6.57. The Morgan fingerprint density at radius 1 is 1.15 bits per heavy atom. The molecule has 0 aromatic carbocycles. The number of unbranched alkanes of at least 4 members (excludes halogenated alkanes) is 1. The van der Waals surface area contributed by atoms with Gasteiger partial charge < -0.3 is 15.5 Å². The summed E-state index contributed by atoms with van der Waals surface area (Å²) >= 11 is 0. The van der Waals surface area contributed by atoms with Gasteiger partial charge in [-0.3, -0.25) is 0 Å². The predicted molar refractivity (Wildman–Crippen MR) is 84.2 cm³/mol. The monoisotopic (exact) mass is 277 g/mol. The van der Waals surface area contributed by atoms with Crippen LogP contribution in [0.2, 0.25) is 0 Å². The fraction of sp³-hybridized carbons (Fsp3) is 0.733. The van der Waals surface area contributed by atoms with E-state index in [4.69, 9.17) is 0 Å². The Balaban J connectivity index is 1.65. The molecule has 1 aliphatic heterocycles. The molecule has 0 atom stereocenters. The molecular formula is C15H27N5. The van der Waals surface area contributed by atoms with Gasteiger partial charge in [-0.05, 0) is 51.4 Å². The minimum atomic E-state index is 0.730. The highest BCUT2D eigenvalue weighted by molar-refractivity contribution is 5.39. The van der Waals surface area contributed by atoms with E-state index in [1.165, 1.54) is 45.3 Å². The Hall–Kier alpha value is -1.36. The average Bonchev–Trinajstić information content (AvgIpc) is 2.98. The van der Waals surface area contributed by atoms with Crippen molar-refractivity contribution in [2.75, 3.05) is 43.4 Å². The lowest BCUT2D eigenvalue weighted by molar-refractivity contribution is 0.337. The summed E-state index contributed by atoms with van der Waals surface area (Å²) in [5.41, 5.74) is 0. The van der Waals surface area contributed by atoms with Crippen molar-refractivity contribution in [2.24, 2.45) is 0 Å². The molecule has 0 bridgehead atoms. The van der Waals surface area contributed by atoms with Gasteiger partial charge in [0.25, 0.3) is 0 Å². The lowest BCUT2D eigenvalue weighted by atomic mass is 10.3. The lowest BCUT2D eigenvalue weighted by Crippen LogP contribution is -2.22. The first-order valence-electron chi connectivity index (χ1n) is 7.91. The molecule has 0 unspecified atom stereocenters. The maximum atomic E-state index is 4.47. The molecule has 1 aromatic heterocycles. The van der Waals surface area contributed by atoms with E-state index in [0.29, 0.717) is 0 Å². The average molecular weight is 277 g/mol. The second-order valence-electron chi connectivity index (χ2n) is 5.37. The van der Waals surface area contributed by atoms with Crippen LogP contribution >= 0.6 is 0 Å². The zero-order valence-corrected chi connectivity index (χ0v) is 12.6. The molecule has 1 aromatic rings. The van der Waals surface area contributed by atoms with E-state index in [9.17, 15) is 0 Å². The van der Waals surface area contributed by atoms with Crippen LogP contribution in [0.25, 0.3) is 0 Å². The van der Waals surface area contributed by atoms with Gasteiger partial charge in [0, 0.05) is 19.3 Å². The number of rotatable bonds is 9. The molecule has 112 valence electrons. The van der Waals surface area contributed by atoms with Crippen molar-refractivity contribution >= 4 is 11.8 Å². The third kappa shape index (κ3) is 5.33. The van der Waals surface area contributed by atoms with Gasteiger partial charge >= 0.3 is 0 Å². The molecule has 0 amide bonds. The Morgan fingerprint density at radius 2 is 1.95 bits per heavy atom. The molecular weight excluding hydrogens is 250 g/mol. The quantitative estimate of drug-likeness (QED) is 0.680. The molecule has 20 heavy (non-hydrogen) atoms.